The van der Waals surface area contributed by atoms with Crippen molar-refractivity contribution in [3.05, 3.63) is 0 Å². The zero-order chi connectivity index (χ0) is 10.2. The highest BCUT2D eigenvalue weighted by Gasteiger charge is 2.42. The van der Waals surface area contributed by atoms with Crippen LogP contribution in [0.5, 0.6) is 0 Å². The molecule has 2 saturated heterocycles. The fourth-order valence-corrected chi connectivity index (χ4v) is 1.59. The molecule has 2 rings (SSSR count). The van der Waals surface area contributed by atoms with Gasteiger partial charge in [0.25, 0.3) is 5.92 Å². The molecule has 7 heteroatoms. The van der Waals surface area contributed by atoms with E-state index in [2.05, 4.69) is 16.0 Å². The molecule has 1 amide bonds. The molecular formula is C8H14ClF2N3O. The third kappa shape index (κ3) is 2.99. The number of carbonyl (C=O) groups excluding carboxylic acids is 1. The van der Waals surface area contributed by atoms with Gasteiger partial charge in [-0.2, -0.15) is 0 Å². The van der Waals surface area contributed by atoms with Gasteiger partial charge in [-0.15, -0.1) is 12.4 Å². The van der Waals surface area contributed by atoms with E-state index in [-0.39, 0.29) is 30.8 Å². The van der Waals surface area contributed by atoms with Crippen LogP contribution in [0.25, 0.3) is 0 Å². The highest BCUT2D eigenvalue weighted by Crippen LogP contribution is 2.25. The summed E-state index contributed by atoms with van der Waals surface area (Å²) in [6.07, 6.45) is -0.390. The molecule has 0 spiro atoms. The SMILES string of the molecule is Cl.O=C(NC1CNC1)C1CC(F)(F)CN1. The molecule has 0 saturated carbocycles. The van der Waals surface area contributed by atoms with E-state index in [1.54, 1.807) is 0 Å². The molecule has 2 aliphatic heterocycles. The Morgan fingerprint density at radius 1 is 1.40 bits per heavy atom. The van der Waals surface area contributed by atoms with Crippen molar-refractivity contribution >= 4 is 18.3 Å². The number of hydrogen-bond donors (Lipinski definition) is 3. The Hall–Kier alpha value is -0.460. The van der Waals surface area contributed by atoms with Gasteiger partial charge in [0.15, 0.2) is 0 Å². The monoisotopic (exact) mass is 241 g/mol. The van der Waals surface area contributed by atoms with Crippen LogP contribution in [0.4, 0.5) is 8.78 Å². The van der Waals surface area contributed by atoms with Crippen molar-refractivity contribution in [3.8, 4) is 0 Å². The standard InChI is InChI=1S/C8H13F2N3O.ClH/c9-8(10)1-6(12-4-8)7(14)13-5-2-11-3-5;/h5-6,11-12H,1-4H2,(H,13,14);1H. The molecule has 0 bridgehead atoms. The fraction of sp³-hybridized carbons (Fsp3) is 0.875. The van der Waals surface area contributed by atoms with Gasteiger partial charge in [0.1, 0.15) is 0 Å². The zero-order valence-corrected chi connectivity index (χ0v) is 8.87. The quantitative estimate of drug-likeness (QED) is 0.611. The first-order chi connectivity index (χ1) is 6.57. The van der Waals surface area contributed by atoms with E-state index in [1.807, 2.05) is 0 Å². The van der Waals surface area contributed by atoms with Gasteiger partial charge in [-0.3, -0.25) is 10.1 Å². The van der Waals surface area contributed by atoms with Gasteiger partial charge in [-0.1, -0.05) is 0 Å². The van der Waals surface area contributed by atoms with Crippen molar-refractivity contribution in [2.75, 3.05) is 19.6 Å². The van der Waals surface area contributed by atoms with Crippen LogP contribution in [0.15, 0.2) is 0 Å². The predicted molar refractivity (Wildman–Crippen MR) is 53.4 cm³/mol. The van der Waals surface area contributed by atoms with Gasteiger partial charge in [0.2, 0.25) is 5.91 Å². The maximum Gasteiger partial charge on any atom is 0.262 e. The molecule has 15 heavy (non-hydrogen) atoms. The van der Waals surface area contributed by atoms with Crippen LogP contribution < -0.4 is 16.0 Å². The largest absolute Gasteiger partial charge is 0.349 e. The Balaban J connectivity index is 0.00000112. The molecule has 2 fully saturated rings. The Labute approximate surface area is 92.6 Å². The molecule has 4 nitrogen and oxygen atoms in total. The van der Waals surface area contributed by atoms with Gasteiger partial charge in [0, 0.05) is 19.5 Å². The average Bonchev–Trinajstić information content (AvgIpc) is 2.38. The fourth-order valence-electron chi connectivity index (χ4n) is 1.59. The molecule has 0 aromatic rings. The van der Waals surface area contributed by atoms with Gasteiger partial charge in [-0.05, 0) is 0 Å². The highest BCUT2D eigenvalue weighted by atomic mass is 35.5. The molecule has 0 aromatic carbocycles. The van der Waals surface area contributed by atoms with E-state index in [0.29, 0.717) is 0 Å². The summed E-state index contributed by atoms with van der Waals surface area (Å²) in [4.78, 5) is 11.4. The number of amides is 1. The summed E-state index contributed by atoms with van der Waals surface area (Å²) in [5, 5.41) is 8.21. The minimum atomic E-state index is -2.74. The number of nitrogens with one attached hydrogen (secondary N) is 3. The molecule has 0 aromatic heterocycles. The highest BCUT2D eigenvalue weighted by molar-refractivity contribution is 5.85. The summed E-state index contributed by atoms with van der Waals surface area (Å²) < 4.78 is 25.5. The van der Waals surface area contributed by atoms with Crippen molar-refractivity contribution in [2.24, 2.45) is 0 Å². The molecule has 88 valence electrons. The molecule has 0 aliphatic carbocycles. The van der Waals surface area contributed by atoms with Gasteiger partial charge in [0.05, 0.1) is 18.6 Å². The van der Waals surface area contributed by atoms with Crippen molar-refractivity contribution < 1.29 is 13.6 Å². The second-order valence-corrected chi connectivity index (χ2v) is 3.86. The number of alkyl halides is 2. The van der Waals surface area contributed by atoms with E-state index in [1.165, 1.54) is 0 Å². The predicted octanol–water partition coefficient (Wildman–Crippen LogP) is -0.507. The molecule has 1 atom stereocenters. The summed E-state index contributed by atoms with van der Waals surface area (Å²) in [7, 11) is 0. The van der Waals surface area contributed by atoms with Crippen LogP contribution in [0, 0.1) is 0 Å². The lowest BCUT2D eigenvalue weighted by Gasteiger charge is -2.29. The third-order valence-electron chi connectivity index (χ3n) is 2.55. The summed E-state index contributed by atoms with van der Waals surface area (Å²) >= 11 is 0. The zero-order valence-electron chi connectivity index (χ0n) is 8.06. The minimum Gasteiger partial charge on any atom is -0.349 e. The first kappa shape index (κ1) is 12.6. The van der Waals surface area contributed by atoms with Crippen LogP contribution in [0.3, 0.4) is 0 Å². The van der Waals surface area contributed by atoms with E-state index in [9.17, 15) is 13.6 Å². The summed E-state index contributed by atoms with van der Waals surface area (Å²) in [5.74, 6) is -3.05. The number of halogens is 3. The lowest BCUT2D eigenvalue weighted by atomic mass is 10.1. The van der Waals surface area contributed by atoms with Crippen molar-refractivity contribution in [3.63, 3.8) is 0 Å². The lowest BCUT2D eigenvalue weighted by Crippen LogP contribution is -2.59. The third-order valence-corrected chi connectivity index (χ3v) is 2.55. The van der Waals surface area contributed by atoms with Crippen LogP contribution in [0.1, 0.15) is 6.42 Å². The Kier molecular flexibility index (Phi) is 3.86. The molecule has 1 unspecified atom stereocenters. The first-order valence-electron chi connectivity index (χ1n) is 4.69. The number of hydrogen-bond acceptors (Lipinski definition) is 3. The van der Waals surface area contributed by atoms with E-state index in [4.69, 9.17) is 0 Å². The van der Waals surface area contributed by atoms with E-state index >= 15 is 0 Å². The van der Waals surface area contributed by atoms with Crippen molar-refractivity contribution in [1.82, 2.24) is 16.0 Å². The Morgan fingerprint density at radius 2 is 2.07 bits per heavy atom. The smallest absolute Gasteiger partial charge is 0.262 e. The molecule has 3 N–H and O–H groups in total. The van der Waals surface area contributed by atoms with Crippen LogP contribution in [-0.4, -0.2) is 43.5 Å². The summed E-state index contributed by atoms with van der Waals surface area (Å²) in [5.41, 5.74) is 0. The minimum absolute atomic E-state index is 0. The Bertz CT molecular complexity index is 248. The lowest BCUT2D eigenvalue weighted by molar-refractivity contribution is -0.124. The van der Waals surface area contributed by atoms with Crippen LogP contribution in [0.2, 0.25) is 0 Å². The first-order valence-corrected chi connectivity index (χ1v) is 4.69. The Morgan fingerprint density at radius 3 is 2.47 bits per heavy atom. The average molecular weight is 242 g/mol. The summed E-state index contributed by atoms with van der Waals surface area (Å²) in [6.45, 7) is 1.07. The normalized spacial score (nSPS) is 29.1. The van der Waals surface area contributed by atoms with Crippen molar-refractivity contribution in [2.45, 2.75) is 24.4 Å². The summed E-state index contributed by atoms with van der Waals surface area (Å²) in [6, 6.07) is -0.621. The maximum atomic E-state index is 12.7. The van der Waals surface area contributed by atoms with Gasteiger partial charge in [-0.25, -0.2) is 8.78 Å². The topological polar surface area (TPSA) is 53.2 Å². The van der Waals surface area contributed by atoms with Gasteiger partial charge >= 0.3 is 0 Å². The van der Waals surface area contributed by atoms with E-state index < -0.39 is 18.5 Å². The molecular weight excluding hydrogens is 228 g/mol. The molecule has 2 aliphatic rings. The van der Waals surface area contributed by atoms with Crippen LogP contribution >= 0.6 is 12.4 Å². The van der Waals surface area contributed by atoms with Crippen molar-refractivity contribution in [1.29, 1.82) is 0 Å². The number of carbonyl (C=O) groups is 1. The van der Waals surface area contributed by atoms with Gasteiger partial charge < -0.3 is 10.6 Å². The van der Waals surface area contributed by atoms with E-state index in [0.717, 1.165) is 13.1 Å². The maximum absolute atomic E-state index is 12.7. The second kappa shape index (κ2) is 4.59. The molecule has 2 heterocycles. The second-order valence-electron chi connectivity index (χ2n) is 3.86. The number of rotatable bonds is 2. The van der Waals surface area contributed by atoms with Crippen LogP contribution in [-0.2, 0) is 4.79 Å². The molecule has 0 radical (unpaired) electrons.